The van der Waals surface area contributed by atoms with Crippen LogP contribution in [0.5, 0.6) is 11.5 Å². The maximum absolute atomic E-state index is 13.6. The summed E-state index contributed by atoms with van der Waals surface area (Å²) < 4.78 is 20.2. The maximum Gasteiger partial charge on any atom is 0.315 e. The first-order valence-electron chi connectivity index (χ1n) is 12.8. The van der Waals surface area contributed by atoms with E-state index in [0.717, 1.165) is 24.6 Å². The standard InChI is InChI=1S/C31H20Br2N4O6/c1-41-27-13-19(12-25(37(39)40)29(27)42-17-18-6-8-21(32)9-7-18)16-34-36-30(35-24-5-3-2-4-23(24)31(36)38)28-15-20-14-22(33)10-11-26(20)43-28/h2-16H,17H2,1H3. The third kappa shape index (κ3) is 5.79. The monoisotopic (exact) mass is 702 g/mol. The van der Waals surface area contributed by atoms with Crippen molar-refractivity contribution < 1.29 is 18.8 Å². The van der Waals surface area contributed by atoms with Gasteiger partial charge in [-0.3, -0.25) is 14.9 Å². The number of methoxy groups -OCH3 is 1. The third-order valence-electron chi connectivity index (χ3n) is 6.55. The summed E-state index contributed by atoms with van der Waals surface area (Å²) in [6.07, 6.45) is 1.33. The number of nitro benzene ring substituents is 1. The first kappa shape index (κ1) is 28.3. The Balaban J connectivity index is 1.43. The van der Waals surface area contributed by atoms with E-state index in [1.165, 1.54) is 19.4 Å². The van der Waals surface area contributed by atoms with Gasteiger partial charge in [0.2, 0.25) is 11.6 Å². The topological polar surface area (TPSA) is 122 Å². The van der Waals surface area contributed by atoms with Gasteiger partial charge in [0, 0.05) is 26.0 Å². The number of nitrogens with zero attached hydrogens (tertiary/aromatic N) is 4. The van der Waals surface area contributed by atoms with Gasteiger partial charge in [-0.1, -0.05) is 56.1 Å². The number of halogens is 2. The van der Waals surface area contributed by atoms with E-state index in [1.807, 2.05) is 36.4 Å². The van der Waals surface area contributed by atoms with Crippen LogP contribution in [-0.2, 0) is 6.61 Å². The van der Waals surface area contributed by atoms with Crippen LogP contribution in [0, 0.1) is 10.1 Å². The molecule has 43 heavy (non-hydrogen) atoms. The normalized spacial score (nSPS) is 11.4. The minimum Gasteiger partial charge on any atom is -0.493 e. The van der Waals surface area contributed by atoms with Crippen molar-refractivity contribution >= 4 is 65.6 Å². The van der Waals surface area contributed by atoms with E-state index in [1.54, 1.807) is 42.5 Å². The van der Waals surface area contributed by atoms with Crippen LogP contribution in [0.25, 0.3) is 33.5 Å². The van der Waals surface area contributed by atoms with Crippen molar-refractivity contribution in [3.05, 3.63) is 125 Å². The van der Waals surface area contributed by atoms with Crippen LogP contribution in [0.15, 0.2) is 108 Å². The summed E-state index contributed by atoms with van der Waals surface area (Å²) in [5.41, 5.74) is 1.45. The molecule has 2 heterocycles. The molecule has 0 amide bonds. The molecular formula is C31H20Br2N4O6. The molecule has 12 heteroatoms. The van der Waals surface area contributed by atoms with E-state index in [9.17, 15) is 14.9 Å². The molecule has 10 nitrogen and oxygen atoms in total. The van der Waals surface area contributed by atoms with Gasteiger partial charge in [0.05, 0.1) is 29.2 Å². The molecule has 0 aliphatic rings. The molecule has 214 valence electrons. The lowest BCUT2D eigenvalue weighted by Crippen LogP contribution is -2.20. The van der Waals surface area contributed by atoms with Gasteiger partial charge in [-0.05, 0) is 60.2 Å². The fraction of sp³-hybridized carbons (Fsp3) is 0.0645. The highest BCUT2D eigenvalue weighted by Crippen LogP contribution is 2.38. The van der Waals surface area contributed by atoms with Crippen molar-refractivity contribution in [1.82, 2.24) is 9.66 Å². The average Bonchev–Trinajstić information content (AvgIpc) is 3.43. The second-order valence-corrected chi connectivity index (χ2v) is 11.2. The second-order valence-electron chi connectivity index (χ2n) is 9.35. The predicted octanol–water partition coefficient (Wildman–Crippen LogP) is 7.71. The van der Waals surface area contributed by atoms with Crippen molar-refractivity contribution in [3.63, 3.8) is 0 Å². The molecule has 0 spiro atoms. The Hall–Kier alpha value is -4.81. The van der Waals surface area contributed by atoms with Gasteiger partial charge in [0.25, 0.3) is 5.56 Å². The van der Waals surface area contributed by atoms with E-state index in [4.69, 9.17) is 13.9 Å². The highest BCUT2D eigenvalue weighted by molar-refractivity contribution is 9.10. The molecule has 0 aliphatic carbocycles. The quantitative estimate of drug-likeness (QED) is 0.0904. The Morgan fingerprint density at radius 3 is 2.56 bits per heavy atom. The van der Waals surface area contributed by atoms with E-state index in [2.05, 4.69) is 41.9 Å². The van der Waals surface area contributed by atoms with Gasteiger partial charge in [-0.15, -0.1) is 0 Å². The zero-order valence-electron chi connectivity index (χ0n) is 22.4. The first-order chi connectivity index (χ1) is 20.8. The van der Waals surface area contributed by atoms with Crippen molar-refractivity contribution in [2.24, 2.45) is 5.10 Å². The molecule has 0 aliphatic heterocycles. The lowest BCUT2D eigenvalue weighted by molar-refractivity contribution is -0.386. The molecule has 0 atom stereocenters. The number of furan rings is 1. The molecular weight excluding hydrogens is 684 g/mol. The maximum atomic E-state index is 13.6. The predicted molar refractivity (Wildman–Crippen MR) is 170 cm³/mol. The van der Waals surface area contributed by atoms with Gasteiger partial charge in [0.15, 0.2) is 11.5 Å². The summed E-state index contributed by atoms with van der Waals surface area (Å²) in [6, 6.07) is 24.5. The molecule has 0 unspecified atom stereocenters. The smallest absolute Gasteiger partial charge is 0.315 e. The van der Waals surface area contributed by atoms with Crippen LogP contribution in [0.3, 0.4) is 0 Å². The van der Waals surface area contributed by atoms with Crippen LogP contribution in [0.1, 0.15) is 11.1 Å². The van der Waals surface area contributed by atoms with Gasteiger partial charge >= 0.3 is 5.69 Å². The number of para-hydroxylation sites is 1. The molecule has 0 fully saturated rings. The summed E-state index contributed by atoms with van der Waals surface area (Å²) in [5, 5.41) is 17.6. The lowest BCUT2D eigenvalue weighted by atomic mass is 10.1. The van der Waals surface area contributed by atoms with E-state index in [0.29, 0.717) is 27.8 Å². The van der Waals surface area contributed by atoms with Gasteiger partial charge < -0.3 is 13.9 Å². The summed E-state index contributed by atoms with van der Waals surface area (Å²) in [6.45, 7) is 0.0908. The highest BCUT2D eigenvalue weighted by atomic mass is 79.9. The SMILES string of the molecule is COc1cc(C=Nn2c(-c3cc4cc(Br)ccc4o3)nc3ccccc3c2=O)cc([N+](=O)[O-])c1OCc1ccc(Br)cc1. The Morgan fingerprint density at radius 2 is 1.79 bits per heavy atom. The Bertz CT molecular complexity index is 2100. The number of rotatable bonds is 8. The molecule has 6 aromatic rings. The molecule has 2 aromatic heterocycles. The minimum atomic E-state index is -0.557. The Labute approximate surface area is 260 Å². The largest absolute Gasteiger partial charge is 0.493 e. The molecule has 0 saturated heterocycles. The molecule has 0 bridgehead atoms. The fourth-order valence-corrected chi connectivity index (χ4v) is 5.13. The van der Waals surface area contributed by atoms with Crippen molar-refractivity contribution in [1.29, 1.82) is 0 Å². The van der Waals surface area contributed by atoms with Crippen LogP contribution in [-0.4, -0.2) is 27.9 Å². The number of benzene rings is 4. The fourth-order valence-electron chi connectivity index (χ4n) is 4.49. The third-order valence-corrected chi connectivity index (χ3v) is 7.57. The summed E-state index contributed by atoms with van der Waals surface area (Å²) in [7, 11) is 1.39. The highest BCUT2D eigenvalue weighted by Gasteiger charge is 2.23. The minimum absolute atomic E-state index is 0.0220. The zero-order valence-corrected chi connectivity index (χ0v) is 25.5. The number of aromatic nitrogens is 2. The summed E-state index contributed by atoms with van der Waals surface area (Å²) >= 11 is 6.84. The zero-order chi connectivity index (χ0) is 30.1. The Morgan fingerprint density at radius 1 is 1.02 bits per heavy atom. The lowest BCUT2D eigenvalue weighted by Gasteiger charge is -2.12. The molecule has 4 aromatic carbocycles. The number of hydrogen-bond acceptors (Lipinski definition) is 8. The van der Waals surface area contributed by atoms with Gasteiger partial charge in [-0.25, -0.2) is 4.98 Å². The number of nitro groups is 1. The van der Waals surface area contributed by atoms with Crippen molar-refractivity contribution in [2.75, 3.05) is 7.11 Å². The van der Waals surface area contributed by atoms with E-state index < -0.39 is 10.5 Å². The van der Waals surface area contributed by atoms with Crippen LogP contribution < -0.4 is 15.0 Å². The van der Waals surface area contributed by atoms with Crippen LogP contribution in [0.4, 0.5) is 5.69 Å². The molecule has 0 N–H and O–H groups in total. The summed E-state index contributed by atoms with van der Waals surface area (Å²) in [5.74, 6) is 0.614. The van der Waals surface area contributed by atoms with Crippen molar-refractivity contribution in [3.8, 4) is 23.1 Å². The molecule has 0 saturated carbocycles. The first-order valence-corrected chi connectivity index (χ1v) is 14.4. The van der Waals surface area contributed by atoms with Crippen molar-refractivity contribution in [2.45, 2.75) is 6.61 Å². The number of ether oxygens (including phenoxy) is 2. The van der Waals surface area contributed by atoms with Crippen LogP contribution >= 0.6 is 31.9 Å². The van der Waals surface area contributed by atoms with Crippen LogP contribution in [0.2, 0.25) is 0 Å². The Kier molecular flexibility index (Phi) is 7.78. The van der Waals surface area contributed by atoms with Gasteiger partial charge in [0.1, 0.15) is 12.2 Å². The summed E-state index contributed by atoms with van der Waals surface area (Å²) in [4.78, 5) is 29.8. The van der Waals surface area contributed by atoms with Gasteiger partial charge in [-0.2, -0.15) is 9.78 Å². The second kappa shape index (κ2) is 11.8. The molecule has 6 rings (SSSR count). The average molecular weight is 704 g/mol. The number of hydrogen-bond donors (Lipinski definition) is 0. The van der Waals surface area contributed by atoms with E-state index >= 15 is 0 Å². The van der Waals surface area contributed by atoms with E-state index in [-0.39, 0.29) is 29.6 Å². The number of fused-ring (bicyclic) bond motifs is 2. The molecule has 0 radical (unpaired) electrons.